The maximum Gasteiger partial charge on any atom is 0.316 e. The lowest BCUT2D eigenvalue weighted by Gasteiger charge is -2.33. The average molecular weight is 433 g/mol. The Bertz CT molecular complexity index is 1550. The van der Waals surface area contributed by atoms with Crippen molar-refractivity contribution in [3.05, 3.63) is 96.2 Å². The monoisotopic (exact) mass is 432 g/mol. The highest BCUT2D eigenvalue weighted by molar-refractivity contribution is 7.25. The van der Waals surface area contributed by atoms with E-state index in [0.717, 1.165) is 17.3 Å². The first kappa shape index (κ1) is 19.3. The van der Waals surface area contributed by atoms with E-state index in [9.17, 15) is 0 Å². The van der Waals surface area contributed by atoms with E-state index >= 15 is 0 Å². The third-order valence-corrected chi connectivity index (χ3v) is 7.46. The first-order valence-corrected chi connectivity index (χ1v) is 11.9. The molecule has 32 heavy (non-hydrogen) atoms. The molecule has 0 saturated heterocycles. The molecule has 2 aromatic heterocycles. The highest BCUT2D eigenvalue weighted by Gasteiger charge is 2.26. The summed E-state index contributed by atoms with van der Waals surface area (Å²) >= 11 is 1.77. The van der Waals surface area contributed by atoms with Gasteiger partial charge < -0.3 is 4.58 Å². The second kappa shape index (κ2) is 7.32. The lowest BCUT2D eigenvalue weighted by atomic mass is 9.85. The maximum atomic E-state index is 4.61. The summed E-state index contributed by atoms with van der Waals surface area (Å²) in [5.41, 5.74) is 5.10. The van der Waals surface area contributed by atoms with Crippen LogP contribution in [0.15, 0.2) is 79.0 Å². The molecular weight excluding hydrogens is 408 g/mol. The lowest BCUT2D eigenvalue weighted by Crippen LogP contribution is -2.18. The van der Waals surface area contributed by atoms with Gasteiger partial charge in [0.1, 0.15) is 10.4 Å². The molecule has 3 aromatic carbocycles. The highest BCUT2D eigenvalue weighted by Crippen LogP contribution is 2.46. The number of allylic oxidation sites excluding steroid dienone is 1. The minimum atomic E-state index is 0.565. The Labute approximate surface area is 192 Å². The Balaban J connectivity index is 1.61. The zero-order valence-electron chi connectivity index (χ0n) is 18.3. The molecule has 3 heterocycles. The van der Waals surface area contributed by atoms with Crippen molar-refractivity contribution in [1.82, 2.24) is 4.98 Å². The van der Waals surface area contributed by atoms with Crippen LogP contribution in [0.2, 0.25) is 0 Å². The second-order valence-electron chi connectivity index (χ2n) is 8.90. The van der Waals surface area contributed by atoms with Gasteiger partial charge in [0.2, 0.25) is 0 Å². The molecule has 3 heteroatoms. The summed E-state index contributed by atoms with van der Waals surface area (Å²) in [5, 5.41) is 5.06. The van der Waals surface area contributed by atoms with E-state index in [2.05, 4.69) is 96.9 Å². The summed E-state index contributed by atoms with van der Waals surface area (Å²) < 4.78 is 3.40. The molecule has 6 rings (SSSR count). The quantitative estimate of drug-likeness (QED) is 0.160. The van der Waals surface area contributed by atoms with Crippen molar-refractivity contribution in [3.63, 3.8) is 0 Å². The molecule has 0 fully saturated rings. The third-order valence-electron chi connectivity index (χ3n) is 6.30. The van der Waals surface area contributed by atoms with Crippen LogP contribution in [0.25, 0.3) is 36.6 Å². The molecule has 0 amide bonds. The van der Waals surface area contributed by atoms with Crippen LogP contribution in [0.5, 0.6) is 0 Å². The van der Waals surface area contributed by atoms with Gasteiger partial charge in [-0.3, -0.25) is 0 Å². The molecule has 0 unspecified atom stereocenters. The van der Waals surface area contributed by atoms with E-state index in [0.29, 0.717) is 5.92 Å². The van der Waals surface area contributed by atoms with E-state index in [-0.39, 0.29) is 0 Å². The van der Waals surface area contributed by atoms with Gasteiger partial charge in [0.15, 0.2) is 11.3 Å². The molecule has 0 atom stereocenters. The molecule has 0 radical (unpaired) electrons. The van der Waals surface area contributed by atoms with Gasteiger partial charge in [-0.15, -0.1) is 11.6 Å². The summed E-state index contributed by atoms with van der Waals surface area (Å²) in [4.78, 5) is 5.70. The van der Waals surface area contributed by atoms with Crippen molar-refractivity contribution in [3.8, 4) is 0 Å². The van der Waals surface area contributed by atoms with Gasteiger partial charge in [0.05, 0.1) is 11.4 Å². The zero-order chi connectivity index (χ0) is 21.8. The number of nitrogens with zero attached hydrogens (tertiary/aromatic N) is 2. The Hall–Kier alpha value is -3.43. The molecule has 0 aliphatic carbocycles. The molecule has 5 aromatic rings. The van der Waals surface area contributed by atoms with Crippen molar-refractivity contribution in [1.29, 1.82) is 0 Å². The largest absolute Gasteiger partial charge is 0.330 e. The molecule has 0 saturated carbocycles. The van der Waals surface area contributed by atoms with Gasteiger partial charge in [-0.05, 0) is 34.4 Å². The molecule has 0 N–H and O–H groups in total. The van der Waals surface area contributed by atoms with Gasteiger partial charge in [-0.2, -0.15) is 6.07 Å². The fraction of sp³-hybridized carbons (Fsp3) is 0.138. The standard InChI is InChI=1S/C29H24N2S/c1-18(2)16-20-17-26(31(3)25-14-13-19-8-4-5-9-21(19)27(20)25)24-11-6-10-22-23-12-7-15-30-29(23)32-28(22)24/h4-15,17-18H,3,16H2,1-2H3. The Morgan fingerprint density at radius 1 is 0.969 bits per heavy atom. The predicted octanol–water partition coefficient (Wildman–Crippen LogP) is 7.97. The van der Waals surface area contributed by atoms with Crippen molar-refractivity contribution in [2.75, 3.05) is 0 Å². The molecule has 156 valence electrons. The number of rotatable bonds is 3. The van der Waals surface area contributed by atoms with Crippen LogP contribution in [0, 0.1) is 12.0 Å². The SMILES string of the molecule is C=[N+]1c2ccc3ccccc3c2C(CC(C)C)=C[C-]1c1cccc2c3cccnc3[s+][c-]12. The van der Waals surface area contributed by atoms with Crippen LogP contribution in [0.1, 0.15) is 31.4 Å². The van der Waals surface area contributed by atoms with Crippen LogP contribution in [0.4, 0.5) is 5.69 Å². The van der Waals surface area contributed by atoms with E-state index in [4.69, 9.17) is 0 Å². The summed E-state index contributed by atoms with van der Waals surface area (Å²) in [7, 11) is 0. The summed E-state index contributed by atoms with van der Waals surface area (Å²) in [6.45, 7) is 9.10. The molecule has 0 bridgehead atoms. The van der Waals surface area contributed by atoms with Gasteiger partial charge in [0, 0.05) is 12.9 Å². The molecule has 1 aliphatic rings. The first-order chi connectivity index (χ1) is 15.6. The van der Waals surface area contributed by atoms with Gasteiger partial charge in [-0.1, -0.05) is 79.8 Å². The average Bonchev–Trinajstić information content (AvgIpc) is 3.19. The van der Waals surface area contributed by atoms with Crippen molar-refractivity contribution in [2.45, 2.75) is 20.3 Å². The third kappa shape index (κ3) is 2.89. The maximum absolute atomic E-state index is 4.61. The summed E-state index contributed by atoms with van der Waals surface area (Å²) in [6, 6.07) is 25.0. The number of aromatic nitrogens is 1. The van der Waals surface area contributed by atoms with Gasteiger partial charge >= 0.3 is 4.83 Å². The minimum Gasteiger partial charge on any atom is -0.330 e. The first-order valence-electron chi connectivity index (χ1n) is 11.1. The van der Waals surface area contributed by atoms with Gasteiger partial charge in [-0.25, -0.2) is 4.98 Å². The van der Waals surface area contributed by atoms with Crippen LogP contribution in [-0.4, -0.2) is 16.3 Å². The minimum absolute atomic E-state index is 0.565. The van der Waals surface area contributed by atoms with E-state index < -0.39 is 0 Å². The van der Waals surface area contributed by atoms with Gasteiger partial charge in [0.25, 0.3) is 0 Å². The number of benzene rings is 3. The number of fused-ring (bicyclic) bond motifs is 6. The van der Waals surface area contributed by atoms with Crippen molar-refractivity contribution < 1.29 is 4.58 Å². The number of thiophene rings is 1. The molecule has 1 aliphatic heterocycles. The van der Waals surface area contributed by atoms with Crippen LogP contribution in [-0.2, 0) is 0 Å². The zero-order valence-corrected chi connectivity index (χ0v) is 19.1. The van der Waals surface area contributed by atoms with Crippen molar-refractivity contribution in [2.24, 2.45) is 5.92 Å². The van der Waals surface area contributed by atoms with Crippen molar-refractivity contribution >= 4 is 60.4 Å². The predicted molar refractivity (Wildman–Crippen MR) is 138 cm³/mol. The number of hydrogen-bond acceptors (Lipinski definition) is 1. The number of pyridine rings is 1. The van der Waals surface area contributed by atoms with E-state index in [1.54, 1.807) is 11.3 Å². The second-order valence-corrected chi connectivity index (χ2v) is 9.90. The Morgan fingerprint density at radius 2 is 1.81 bits per heavy atom. The highest BCUT2D eigenvalue weighted by atomic mass is 32.1. The smallest absolute Gasteiger partial charge is 0.316 e. The molecule has 2 nitrogen and oxygen atoms in total. The fourth-order valence-corrected chi connectivity index (χ4v) is 6.09. The topological polar surface area (TPSA) is 15.9 Å². The fourth-order valence-electron chi connectivity index (χ4n) is 4.93. The van der Waals surface area contributed by atoms with Crippen LogP contribution >= 0.6 is 11.3 Å². The van der Waals surface area contributed by atoms with Crippen LogP contribution < -0.4 is 0 Å². The number of hydrogen-bond donors (Lipinski definition) is 0. The molecular formula is C29H24N2S. The normalized spacial score (nSPS) is 13.9. The Morgan fingerprint density at radius 3 is 2.69 bits per heavy atom. The molecule has 0 spiro atoms. The summed E-state index contributed by atoms with van der Waals surface area (Å²) in [5.74, 6) is 0.565. The summed E-state index contributed by atoms with van der Waals surface area (Å²) in [6.07, 6.45) is 5.28. The van der Waals surface area contributed by atoms with Crippen LogP contribution in [0.3, 0.4) is 0 Å². The van der Waals surface area contributed by atoms with E-state index in [1.165, 1.54) is 48.6 Å². The lowest BCUT2D eigenvalue weighted by molar-refractivity contribution is -0.400. The Kier molecular flexibility index (Phi) is 4.41. The van der Waals surface area contributed by atoms with E-state index in [1.807, 2.05) is 12.3 Å².